The van der Waals surface area contributed by atoms with Crippen molar-refractivity contribution in [2.45, 2.75) is 12.2 Å². The third kappa shape index (κ3) is 6.11. The van der Waals surface area contributed by atoms with Crippen LogP contribution in [-0.2, 0) is 19.7 Å². The predicted molar refractivity (Wildman–Crippen MR) is 110 cm³/mol. The molecular formula is C18H25NO8S2. The van der Waals surface area contributed by atoms with Crippen LogP contribution >= 0.6 is 0 Å². The molecule has 0 aliphatic rings. The van der Waals surface area contributed by atoms with Crippen molar-refractivity contribution in [3.05, 3.63) is 41.5 Å². The normalized spacial score (nSPS) is 14.8. The molecule has 0 heterocycles. The molecule has 9 nitrogen and oxygen atoms in total. The van der Waals surface area contributed by atoms with Gasteiger partial charge < -0.3 is 26.2 Å². The number of nitrogen functional groups attached to an aromatic ring is 1. The molecule has 0 bridgehead atoms. The highest BCUT2D eigenvalue weighted by molar-refractivity contribution is 7.91. The molecular weight excluding hydrogens is 422 g/mol. The monoisotopic (exact) mass is 447 g/mol. The van der Waals surface area contributed by atoms with Gasteiger partial charge in [0.1, 0.15) is 0 Å². The summed E-state index contributed by atoms with van der Waals surface area (Å²) in [6.07, 6.45) is -2.83. The molecule has 2 aromatic rings. The number of anilines is 1. The van der Waals surface area contributed by atoms with E-state index in [1.54, 1.807) is 12.1 Å². The minimum Gasteiger partial charge on any atom is -0.399 e. The molecule has 2 rings (SSSR count). The molecule has 0 saturated heterocycles. The van der Waals surface area contributed by atoms with E-state index in [1.165, 1.54) is 18.2 Å². The van der Waals surface area contributed by atoms with Gasteiger partial charge in [-0.2, -0.15) is 0 Å². The van der Waals surface area contributed by atoms with Gasteiger partial charge in [0.05, 0.1) is 48.4 Å². The highest BCUT2D eigenvalue weighted by atomic mass is 32.2. The number of aliphatic hydroxyl groups is 4. The molecule has 6 N–H and O–H groups in total. The van der Waals surface area contributed by atoms with Gasteiger partial charge in [-0.1, -0.05) is 18.2 Å². The lowest BCUT2D eigenvalue weighted by molar-refractivity contribution is 0.201. The topological polar surface area (TPSA) is 175 Å². The van der Waals surface area contributed by atoms with Gasteiger partial charge in [0.2, 0.25) is 0 Å². The number of aliphatic hydroxyl groups excluding tert-OH is 4. The third-order valence-corrected chi connectivity index (χ3v) is 7.69. The van der Waals surface area contributed by atoms with E-state index in [0.29, 0.717) is 10.8 Å². The van der Waals surface area contributed by atoms with Crippen LogP contribution in [0.3, 0.4) is 0 Å². The Kier molecular flexibility index (Phi) is 7.60. The lowest BCUT2D eigenvalue weighted by Gasteiger charge is -2.19. The average Bonchev–Trinajstić information content (AvgIpc) is 2.59. The van der Waals surface area contributed by atoms with Crippen molar-refractivity contribution in [2.75, 3.05) is 42.0 Å². The highest BCUT2D eigenvalue weighted by Crippen LogP contribution is 2.33. The molecule has 0 aliphatic heterocycles. The maximum absolute atomic E-state index is 12.0. The van der Waals surface area contributed by atoms with E-state index in [-0.39, 0.29) is 16.8 Å². The van der Waals surface area contributed by atoms with Crippen molar-refractivity contribution in [1.29, 1.82) is 0 Å². The van der Waals surface area contributed by atoms with Gasteiger partial charge in [0, 0.05) is 5.69 Å². The molecule has 0 spiro atoms. The van der Waals surface area contributed by atoms with Crippen LogP contribution in [0.2, 0.25) is 0 Å². The molecule has 2 atom stereocenters. The molecule has 0 fully saturated rings. The van der Waals surface area contributed by atoms with E-state index in [1.807, 2.05) is 0 Å². The summed E-state index contributed by atoms with van der Waals surface area (Å²) >= 11 is 0. The second-order valence-corrected chi connectivity index (χ2v) is 11.2. The molecule has 162 valence electrons. The van der Waals surface area contributed by atoms with E-state index in [0.717, 1.165) is 0 Å². The number of benzene rings is 2. The van der Waals surface area contributed by atoms with Crippen molar-refractivity contribution in [1.82, 2.24) is 0 Å². The van der Waals surface area contributed by atoms with Crippen molar-refractivity contribution in [3.8, 4) is 0 Å². The van der Waals surface area contributed by atoms with E-state index in [2.05, 4.69) is 0 Å². The standard InChI is InChI=1S/C18H25NO8S2/c19-12-8-15-13(16(9-12)18(23)11-29(26,27)7-5-21)2-1-3-14(15)17(22)10-28(24,25)6-4-20/h1-3,8-9,17-18,20-23H,4-7,10-11,19H2. The predicted octanol–water partition coefficient (Wildman–Crippen LogP) is -0.697. The Hall–Kier alpha value is -1.76. The first-order valence-electron chi connectivity index (χ1n) is 8.80. The van der Waals surface area contributed by atoms with Crippen LogP contribution in [0.5, 0.6) is 0 Å². The van der Waals surface area contributed by atoms with Crippen LogP contribution in [-0.4, -0.2) is 73.5 Å². The zero-order valence-corrected chi connectivity index (χ0v) is 17.2. The Bertz CT molecular complexity index is 1070. The van der Waals surface area contributed by atoms with Gasteiger partial charge in [-0.15, -0.1) is 0 Å². The number of rotatable bonds is 10. The second-order valence-electron chi connectivity index (χ2n) is 6.76. The summed E-state index contributed by atoms with van der Waals surface area (Å²) in [4.78, 5) is 0. The minimum absolute atomic E-state index is 0.198. The quantitative estimate of drug-likeness (QED) is 0.295. The minimum atomic E-state index is -3.71. The molecule has 11 heteroatoms. The first-order valence-corrected chi connectivity index (χ1v) is 12.4. The van der Waals surface area contributed by atoms with Gasteiger partial charge in [-0.05, 0) is 34.0 Å². The zero-order chi connectivity index (χ0) is 21.8. The second kappa shape index (κ2) is 9.37. The fraction of sp³-hybridized carbons (Fsp3) is 0.444. The van der Waals surface area contributed by atoms with Crippen LogP contribution in [0.4, 0.5) is 5.69 Å². The Morgan fingerprint density at radius 2 is 1.31 bits per heavy atom. The first kappa shape index (κ1) is 23.5. The lowest BCUT2D eigenvalue weighted by Crippen LogP contribution is -2.20. The molecule has 29 heavy (non-hydrogen) atoms. The van der Waals surface area contributed by atoms with Crippen molar-refractivity contribution in [2.24, 2.45) is 0 Å². The number of fused-ring (bicyclic) bond motifs is 1. The van der Waals surface area contributed by atoms with Crippen molar-refractivity contribution in [3.63, 3.8) is 0 Å². The summed E-state index contributed by atoms with van der Waals surface area (Å²) in [6, 6.07) is 7.59. The fourth-order valence-corrected chi connectivity index (χ4v) is 5.34. The number of hydrogen-bond donors (Lipinski definition) is 5. The SMILES string of the molecule is Nc1cc(C(O)CS(=O)(=O)CCO)c2cccc(C(O)CS(=O)(=O)CCO)c2c1. The number of sulfone groups is 2. The number of hydrogen-bond acceptors (Lipinski definition) is 9. The van der Waals surface area contributed by atoms with Gasteiger partial charge in [-0.25, -0.2) is 16.8 Å². The van der Waals surface area contributed by atoms with Gasteiger partial charge in [-0.3, -0.25) is 0 Å². The first-order chi connectivity index (χ1) is 13.5. The lowest BCUT2D eigenvalue weighted by atomic mass is 9.95. The average molecular weight is 448 g/mol. The van der Waals surface area contributed by atoms with Crippen LogP contribution < -0.4 is 5.73 Å². The molecule has 0 radical (unpaired) electrons. The Balaban J connectivity index is 2.50. The van der Waals surface area contributed by atoms with Gasteiger partial charge >= 0.3 is 0 Å². The van der Waals surface area contributed by atoms with E-state index >= 15 is 0 Å². The summed E-state index contributed by atoms with van der Waals surface area (Å²) in [7, 11) is -7.41. The Morgan fingerprint density at radius 3 is 1.83 bits per heavy atom. The van der Waals surface area contributed by atoms with Gasteiger partial charge in [0.15, 0.2) is 19.7 Å². The van der Waals surface area contributed by atoms with Crippen LogP contribution in [0, 0.1) is 0 Å². The highest BCUT2D eigenvalue weighted by Gasteiger charge is 2.24. The maximum Gasteiger partial charge on any atom is 0.155 e. The van der Waals surface area contributed by atoms with Gasteiger partial charge in [0.25, 0.3) is 0 Å². The molecule has 0 amide bonds. The molecule has 2 aromatic carbocycles. The summed E-state index contributed by atoms with van der Waals surface area (Å²) in [5, 5.41) is 39.5. The van der Waals surface area contributed by atoms with Crippen LogP contribution in [0.1, 0.15) is 23.3 Å². The van der Waals surface area contributed by atoms with E-state index < -0.39 is 68.1 Å². The van der Waals surface area contributed by atoms with E-state index in [9.17, 15) is 27.0 Å². The Labute approximate surface area is 169 Å². The Morgan fingerprint density at radius 1 is 0.793 bits per heavy atom. The summed E-state index contributed by atoms with van der Waals surface area (Å²) in [6.45, 7) is -1.12. The smallest absolute Gasteiger partial charge is 0.155 e. The third-order valence-electron chi connectivity index (χ3n) is 4.43. The summed E-state index contributed by atoms with van der Waals surface area (Å²) in [5.74, 6) is -2.20. The van der Waals surface area contributed by atoms with Crippen molar-refractivity contribution < 1.29 is 37.3 Å². The molecule has 0 aromatic heterocycles. The zero-order valence-electron chi connectivity index (χ0n) is 15.6. The van der Waals surface area contributed by atoms with Crippen LogP contribution in [0.25, 0.3) is 10.8 Å². The summed E-state index contributed by atoms with van der Waals surface area (Å²) in [5.41, 5.74) is 6.56. The van der Waals surface area contributed by atoms with Crippen LogP contribution in [0.15, 0.2) is 30.3 Å². The largest absolute Gasteiger partial charge is 0.399 e. The number of nitrogens with two attached hydrogens (primary N) is 1. The van der Waals surface area contributed by atoms with Crippen molar-refractivity contribution >= 4 is 36.1 Å². The molecule has 0 saturated carbocycles. The summed E-state index contributed by atoms with van der Waals surface area (Å²) < 4.78 is 47.8. The van der Waals surface area contributed by atoms with E-state index in [4.69, 9.17) is 15.9 Å². The molecule has 0 aliphatic carbocycles. The fourth-order valence-electron chi connectivity index (χ4n) is 3.13. The maximum atomic E-state index is 12.0. The molecule has 2 unspecified atom stereocenters.